The van der Waals surface area contributed by atoms with E-state index in [1.165, 1.54) is 17.3 Å². The third kappa shape index (κ3) is 4.19. The van der Waals surface area contributed by atoms with Crippen LogP contribution in [0.1, 0.15) is 30.9 Å². The highest BCUT2D eigenvalue weighted by atomic mass is 19.1. The quantitative estimate of drug-likeness (QED) is 0.844. The van der Waals surface area contributed by atoms with Crippen molar-refractivity contribution in [3.05, 3.63) is 65.5 Å². The average Bonchev–Trinajstić information content (AvgIpc) is 2.64. The summed E-state index contributed by atoms with van der Waals surface area (Å²) >= 11 is 0. The number of hydrogen-bond acceptors (Lipinski definition) is 2. The Bertz CT molecular complexity index is 719. The SMILES string of the molecule is CC(C)c1ccc(N2CCN(C(=O)Cc3ccccc3F)CC2)cc1. The summed E-state index contributed by atoms with van der Waals surface area (Å²) in [7, 11) is 0. The molecule has 132 valence electrons. The first-order valence-corrected chi connectivity index (χ1v) is 8.90. The molecule has 0 aromatic heterocycles. The number of carbonyl (C=O) groups excluding carboxylic acids is 1. The minimum Gasteiger partial charge on any atom is -0.368 e. The highest BCUT2D eigenvalue weighted by molar-refractivity contribution is 5.79. The van der Waals surface area contributed by atoms with Crippen LogP contribution in [0.2, 0.25) is 0 Å². The highest BCUT2D eigenvalue weighted by Crippen LogP contribution is 2.21. The Morgan fingerprint density at radius 3 is 2.24 bits per heavy atom. The van der Waals surface area contributed by atoms with Crippen molar-refractivity contribution in [1.29, 1.82) is 0 Å². The molecule has 0 aliphatic carbocycles. The Hall–Kier alpha value is -2.36. The minimum absolute atomic E-state index is 0.0000873. The highest BCUT2D eigenvalue weighted by Gasteiger charge is 2.22. The lowest BCUT2D eigenvalue weighted by Crippen LogP contribution is -2.49. The van der Waals surface area contributed by atoms with Gasteiger partial charge in [0.2, 0.25) is 5.91 Å². The second-order valence-electron chi connectivity index (χ2n) is 6.88. The largest absolute Gasteiger partial charge is 0.368 e. The average molecular weight is 340 g/mol. The van der Waals surface area contributed by atoms with Crippen LogP contribution in [0, 0.1) is 5.82 Å². The van der Waals surface area contributed by atoms with Crippen LogP contribution in [-0.4, -0.2) is 37.0 Å². The van der Waals surface area contributed by atoms with Crippen molar-refractivity contribution in [3.63, 3.8) is 0 Å². The van der Waals surface area contributed by atoms with E-state index in [1.807, 2.05) is 4.90 Å². The smallest absolute Gasteiger partial charge is 0.227 e. The molecule has 3 rings (SSSR count). The number of halogens is 1. The molecule has 0 radical (unpaired) electrons. The van der Waals surface area contributed by atoms with Gasteiger partial charge in [-0.25, -0.2) is 4.39 Å². The van der Waals surface area contributed by atoms with Gasteiger partial charge in [0.1, 0.15) is 5.82 Å². The number of amides is 1. The zero-order valence-corrected chi connectivity index (χ0v) is 14.9. The fourth-order valence-electron chi connectivity index (χ4n) is 3.20. The van der Waals surface area contributed by atoms with E-state index >= 15 is 0 Å². The van der Waals surface area contributed by atoms with E-state index in [0.717, 1.165) is 13.1 Å². The van der Waals surface area contributed by atoms with E-state index in [4.69, 9.17) is 0 Å². The first kappa shape index (κ1) is 17.5. The molecule has 1 aliphatic heterocycles. The molecule has 2 aromatic carbocycles. The Morgan fingerprint density at radius 1 is 1.00 bits per heavy atom. The molecule has 2 aromatic rings. The second kappa shape index (κ2) is 7.68. The maximum atomic E-state index is 13.7. The number of anilines is 1. The summed E-state index contributed by atoms with van der Waals surface area (Å²) in [4.78, 5) is 16.6. The van der Waals surface area contributed by atoms with Crippen molar-refractivity contribution in [1.82, 2.24) is 4.90 Å². The number of nitrogens with zero attached hydrogens (tertiary/aromatic N) is 2. The van der Waals surface area contributed by atoms with E-state index in [0.29, 0.717) is 24.6 Å². The summed E-state index contributed by atoms with van der Waals surface area (Å²) in [5, 5.41) is 0. The summed E-state index contributed by atoms with van der Waals surface area (Å²) in [6.45, 7) is 7.36. The molecule has 4 heteroatoms. The first-order chi connectivity index (χ1) is 12.0. The van der Waals surface area contributed by atoms with Gasteiger partial charge in [-0.15, -0.1) is 0 Å². The van der Waals surface area contributed by atoms with E-state index < -0.39 is 0 Å². The van der Waals surface area contributed by atoms with Crippen LogP contribution in [0.25, 0.3) is 0 Å². The topological polar surface area (TPSA) is 23.6 Å². The minimum atomic E-state index is -0.306. The number of carbonyl (C=O) groups is 1. The van der Waals surface area contributed by atoms with Crippen molar-refractivity contribution in [2.75, 3.05) is 31.1 Å². The third-order valence-corrected chi connectivity index (χ3v) is 4.86. The van der Waals surface area contributed by atoms with Crippen LogP contribution in [-0.2, 0) is 11.2 Å². The first-order valence-electron chi connectivity index (χ1n) is 8.90. The lowest BCUT2D eigenvalue weighted by atomic mass is 10.0. The Kier molecular flexibility index (Phi) is 5.37. The Labute approximate surface area is 149 Å². The molecule has 1 heterocycles. The van der Waals surface area contributed by atoms with Gasteiger partial charge in [-0.05, 0) is 35.2 Å². The molecule has 0 N–H and O–H groups in total. The molecule has 0 bridgehead atoms. The predicted molar refractivity (Wildman–Crippen MR) is 99.4 cm³/mol. The lowest BCUT2D eigenvalue weighted by Gasteiger charge is -2.36. The van der Waals surface area contributed by atoms with Gasteiger partial charge in [0.25, 0.3) is 0 Å². The molecule has 1 aliphatic rings. The van der Waals surface area contributed by atoms with Gasteiger partial charge < -0.3 is 9.80 Å². The Balaban J connectivity index is 1.56. The summed E-state index contributed by atoms with van der Waals surface area (Å²) in [5.41, 5.74) is 3.01. The molecule has 0 spiro atoms. The number of rotatable bonds is 4. The van der Waals surface area contributed by atoms with Gasteiger partial charge in [-0.3, -0.25) is 4.79 Å². The lowest BCUT2D eigenvalue weighted by molar-refractivity contribution is -0.130. The number of piperazine rings is 1. The molecule has 1 fully saturated rings. The van der Waals surface area contributed by atoms with Gasteiger partial charge >= 0.3 is 0 Å². The molecule has 25 heavy (non-hydrogen) atoms. The van der Waals surface area contributed by atoms with Crippen LogP contribution in [0.4, 0.5) is 10.1 Å². The van der Waals surface area contributed by atoms with E-state index in [-0.39, 0.29) is 18.1 Å². The zero-order valence-electron chi connectivity index (χ0n) is 14.9. The van der Waals surface area contributed by atoms with Crippen molar-refractivity contribution in [2.45, 2.75) is 26.2 Å². The maximum Gasteiger partial charge on any atom is 0.227 e. The summed E-state index contributed by atoms with van der Waals surface area (Å²) < 4.78 is 13.7. The third-order valence-electron chi connectivity index (χ3n) is 4.86. The molecule has 0 atom stereocenters. The van der Waals surface area contributed by atoms with Crippen LogP contribution < -0.4 is 4.90 Å². The van der Waals surface area contributed by atoms with Gasteiger partial charge in [-0.1, -0.05) is 44.2 Å². The van der Waals surface area contributed by atoms with Gasteiger partial charge in [0.05, 0.1) is 6.42 Å². The molecule has 0 saturated carbocycles. The monoisotopic (exact) mass is 340 g/mol. The fraction of sp³-hybridized carbons (Fsp3) is 0.381. The van der Waals surface area contributed by atoms with Crippen LogP contribution >= 0.6 is 0 Å². The van der Waals surface area contributed by atoms with Gasteiger partial charge in [0.15, 0.2) is 0 Å². The van der Waals surface area contributed by atoms with Crippen molar-refractivity contribution in [3.8, 4) is 0 Å². The van der Waals surface area contributed by atoms with Crippen molar-refractivity contribution < 1.29 is 9.18 Å². The predicted octanol–water partition coefficient (Wildman–Crippen LogP) is 3.84. The van der Waals surface area contributed by atoms with Crippen molar-refractivity contribution in [2.24, 2.45) is 0 Å². The summed E-state index contributed by atoms with van der Waals surface area (Å²) in [6.07, 6.45) is 0.135. The van der Waals surface area contributed by atoms with Crippen LogP contribution in [0.3, 0.4) is 0 Å². The molecular formula is C21H25FN2O. The molecule has 1 amide bonds. The normalized spacial score (nSPS) is 14.9. The zero-order chi connectivity index (χ0) is 17.8. The van der Waals surface area contributed by atoms with Crippen LogP contribution in [0.15, 0.2) is 48.5 Å². The standard InChI is InChI=1S/C21H25FN2O/c1-16(2)17-7-9-19(10-8-17)23-11-13-24(14-12-23)21(25)15-18-5-3-4-6-20(18)22/h3-10,16H,11-15H2,1-2H3. The van der Waals surface area contributed by atoms with Crippen molar-refractivity contribution >= 4 is 11.6 Å². The molecular weight excluding hydrogens is 315 g/mol. The molecule has 1 saturated heterocycles. The van der Waals surface area contributed by atoms with Gasteiger partial charge in [0, 0.05) is 31.9 Å². The van der Waals surface area contributed by atoms with Crippen LogP contribution in [0.5, 0.6) is 0 Å². The van der Waals surface area contributed by atoms with E-state index in [2.05, 4.69) is 43.0 Å². The second-order valence-corrected chi connectivity index (χ2v) is 6.88. The molecule has 3 nitrogen and oxygen atoms in total. The van der Waals surface area contributed by atoms with E-state index in [1.54, 1.807) is 18.2 Å². The summed E-state index contributed by atoms with van der Waals surface area (Å²) in [5.74, 6) is 0.224. The maximum absolute atomic E-state index is 13.7. The number of benzene rings is 2. The molecule has 0 unspecified atom stereocenters. The van der Waals surface area contributed by atoms with E-state index in [9.17, 15) is 9.18 Å². The van der Waals surface area contributed by atoms with Gasteiger partial charge in [-0.2, -0.15) is 0 Å². The summed E-state index contributed by atoms with van der Waals surface area (Å²) in [6, 6.07) is 15.2. The fourth-order valence-corrected chi connectivity index (χ4v) is 3.20. The number of hydrogen-bond donors (Lipinski definition) is 0. The Morgan fingerprint density at radius 2 is 1.64 bits per heavy atom.